The lowest BCUT2D eigenvalue weighted by atomic mass is 9.99. The highest BCUT2D eigenvalue weighted by atomic mass is 35.5. The lowest BCUT2D eigenvalue weighted by molar-refractivity contribution is 0.291. The molecular weight excluding hydrogens is 276 g/mol. The zero-order valence-corrected chi connectivity index (χ0v) is 11.4. The van der Waals surface area contributed by atoms with E-state index in [4.69, 9.17) is 20.8 Å². The average molecular weight is 287 g/mol. The standard InChI is InChI=1S/C16H11ClO3/c17-10-4-6-13-12(8-10)11-5-3-9-2-1-7-19-15(9)14(11)16(18)20-13/h3-6,8H,1-2,7H2. The van der Waals surface area contributed by atoms with Crippen LogP contribution in [0, 0.1) is 0 Å². The number of fused-ring (bicyclic) bond motifs is 5. The first kappa shape index (κ1) is 11.8. The first-order valence-corrected chi connectivity index (χ1v) is 6.92. The van der Waals surface area contributed by atoms with Gasteiger partial charge in [0.25, 0.3) is 0 Å². The Balaban J connectivity index is 2.22. The molecule has 4 heteroatoms. The van der Waals surface area contributed by atoms with Crippen molar-refractivity contribution < 1.29 is 9.15 Å². The molecule has 0 spiro atoms. The van der Waals surface area contributed by atoms with E-state index < -0.39 is 0 Å². The number of ether oxygens (including phenoxy) is 1. The van der Waals surface area contributed by atoms with E-state index >= 15 is 0 Å². The van der Waals surface area contributed by atoms with Gasteiger partial charge in [0, 0.05) is 15.8 Å². The van der Waals surface area contributed by atoms with Crippen LogP contribution in [-0.4, -0.2) is 6.61 Å². The summed E-state index contributed by atoms with van der Waals surface area (Å²) >= 11 is 6.05. The Bertz CT molecular complexity index is 895. The van der Waals surface area contributed by atoms with Gasteiger partial charge in [0.1, 0.15) is 16.7 Å². The zero-order valence-electron chi connectivity index (χ0n) is 10.6. The lowest BCUT2D eigenvalue weighted by Gasteiger charge is -2.18. The van der Waals surface area contributed by atoms with Crippen molar-refractivity contribution in [3.8, 4) is 5.75 Å². The maximum absolute atomic E-state index is 12.3. The van der Waals surface area contributed by atoms with E-state index in [0.717, 1.165) is 29.2 Å². The van der Waals surface area contributed by atoms with Crippen LogP contribution < -0.4 is 10.4 Å². The molecule has 0 unspecified atom stereocenters. The molecule has 4 rings (SSSR count). The Morgan fingerprint density at radius 1 is 1.10 bits per heavy atom. The Kier molecular flexibility index (Phi) is 2.51. The molecule has 1 aliphatic rings. The molecule has 20 heavy (non-hydrogen) atoms. The fraction of sp³-hybridized carbons (Fsp3) is 0.188. The monoisotopic (exact) mass is 286 g/mol. The number of aryl methyl sites for hydroxylation is 1. The lowest BCUT2D eigenvalue weighted by Crippen LogP contribution is -2.12. The predicted molar refractivity (Wildman–Crippen MR) is 78.8 cm³/mol. The van der Waals surface area contributed by atoms with E-state index in [1.165, 1.54) is 0 Å². The molecule has 100 valence electrons. The number of benzene rings is 2. The second kappa shape index (κ2) is 4.25. The van der Waals surface area contributed by atoms with Crippen molar-refractivity contribution in [2.24, 2.45) is 0 Å². The minimum absolute atomic E-state index is 0.353. The van der Waals surface area contributed by atoms with Gasteiger partial charge in [0.15, 0.2) is 0 Å². The minimum atomic E-state index is -0.353. The number of rotatable bonds is 0. The highest BCUT2D eigenvalue weighted by molar-refractivity contribution is 6.31. The van der Waals surface area contributed by atoms with E-state index in [2.05, 4.69) is 0 Å². The molecule has 3 aromatic rings. The van der Waals surface area contributed by atoms with Crippen molar-refractivity contribution in [1.29, 1.82) is 0 Å². The summed E-state index contributed by atoms with van der Waals surface area (Å²) in [7, 11) is 0. The van der Waals surface area contributed by atoms with Crippen LogP contribution in [0.5, 0.6) is 5.75 Å². The van der Waals surface area contributed by atoms with Gasteiger partial charge in [-0.25, -0.2) is 4.79 Å². The Morgan fingerprint density at radius 2 is 2.00 bits per heavy atom. The molecule has 2 aromatic carbocycles. The molecular formula is C16H11ClO3. The highest BCUT2D eigenvalue weighted by Crippen LogP contribution is 2.35. The molecule has 0 saturated carbocycles. The van der Waals surface area contributed by atoms with Gasteiger partial charge in [-0.2, -0.15) is 0 Å². The van der Waals surface area contributed by atoms with Crippen molar-refractivity contribution in [2.75, 3.05) is 6.61 Å². The molecule has 1 aliphatic heterocycles. The first-order valence-electron chi connectivity index (χ1n) is 6.55. The van der Waals surface area contributed by atoms with Crippen molar-refractivity contribution >= 4 is 33.3 Å². The van der Waals surface area contributed by atoms with Crippen LogP contribution in [0.1, 0.15) is 12.0 Å². The summed E-state index contributed by atoms with van der Waals surface area (Å²) < 4.78 is 11.1. The van der Waals surface area contributed by atoms with Gasteiger partial charge in [0.2, 0.25) is 0 Å². The molecule has 0 amide bonds. The van der Waals surface area contributed by atoms with Gasteiger partial charge >= 0.3 is 5.63 Å². The van der Waals surface area contributed by atoms with Crippen LogP contribution in [0.15, 0.2) is 39.5 Å². The molecule has 3 nitrogen and oxygen atoms in total. The Labute approximate surface area is 119 Å². The van der Waals surface area contributed by atoms with Crippen LogP contribution in [0.2, 0.25) is 5.02 Å². The van der Waals surface area contributed by atoms with Crippen molar-refractivity contribution in [1.82, 2.24) is 0 Å². The normalized spacial score (nSPS) is 14.2. The second-order valence-electron chi connectivity index (χ2n) is 4.96. The summed E-state index contributed by atoms with van der Waals surface area (Å²) in [4.78, 5) is 12.3. The molecule has 0 radical (unpaired) electrons. The maximum atomic E-state index is 12.3. The third-order valence-corrected chi connectivity index (χ3v) is 3.95. The third-order valence-electron chi connectivity index (χ3n) is 3.71. The average Bonchev–Trinajstić information content (AvgIpc) is 2.47. The number of hydrogen-bond acceptors (Lipinski definition) is 3. The van der Waals surface area contributed by atoms with Crippen LogP contribution in [0.4, 0.5) is 0 Å². The quantitative estimate of drug-likeness (QED) is 0.464. The fourth-order valence-corrected chi connectivity index (χ4v) is 2.98. The topological polar surface area (TPSA) is 39.4 Å². The molecule has 0 bridgehead atoms. The molecule has 1 aromatic heterocycles. The van der Waals surface area contributed by atoms with Crippen molar-refractivity contribution in [2.45, 2.75) is 12.8 Å². The summed E-state index contributed by atoms with van der Waals surface area (Å²) in [5.41, 5.74) is 1.26. The summed E-state index contributed by atoms with van der Waals surface area (Å²) in [5, 5.41) is 2.81. The van der Waals surface area contributed by atoms with Gasteiger partial charge in [-0.3, -0.25) is 0 Å². The zero-order chi connectivity index (χ0) is 13.7. The second-order valence-corrected chi connectivity index (χ2v) is 5.39. The smallest absolute Gasteiger partial charge is 0.347 e. The summed E-state index contributed by atoms with van der Waals surface area (Å²) in [6, 6.07) is 9.23. The van der Waals surface area contributed by atoms with Crippen molar-refractivity contribution in [3.63, 3.8) is 0 Å². The molecule has 0 aliphatic carbocycles. The number of halogens is 1. The van der Waals surface area contributed by atoms with Gasteiger partial charge < -0.3 is 9.15 Å². The summed E-state index contributed by atoms with van der Waals surface area (Å²) in [6.45, 7) is 0.638. The van der Waals surface area contributed by atoms with E-state index in [-0.39, 0.29) is 5.63 Å². The molecule has 2 heterocycles. The van der Waals surface area contributed by atoms with E-state index in [0.29, 0.717) is 28.3 Å². The molecule has 0 saturated heterocycles. The fourth-order valence-electron chi connectivity index (χ4n) is 2.80. The van der Waals surface area contributed by atoms with E-state index in [1.54, 1.807) is 12.1 Å². The molecule has 0 atom stereocenters. The third kappa shape index (κ3) is 1.63. The predicted octanol–water partition coefficient (Wildman–Crippen LogP) is 3.92. The molecule has 0 fully saturated rings. The number of hydrogen-bond donors (Lipinski definition) is 0. The van der Waals surface area contributed by atoms with E-state index in [1.807, 2.05) is 18.2 Å². The minimum Gasteiger partial charge on any atom is -0.492 e. The molecule has 0 N–H and O–H groups in total. The van der Waals surface area contributed by atoms with Crippen LogP contribution in [0.25, 0.3) is 21.7 Å². The van der Waals surface area contributed by atoms with Crippen LogP contribution >= 0.6 is 11.6 Å². The first-order chi connectivity index (χ1) is 9.74. The largest absolute Gasteiger partial charge is 0.492 e. The van der Waals surface area contributed by atoms with Crippen LogP contribution in [0.3, 0.4) is 0 Å². The van der Waals surface area contributed by atoms with E-state index in [9.17, 15) is 4.79 Å². The SMILES string of the molecule is O=c1oc2ccc(Cl)cc2c2ccc3c(c12)OCCC3. The summed E-state index contributed by atoms with van der Waals surface area (Å²) in [5.74, 6) is 0.671. The summed E-state index contributed by atoms with van der Waals surface area (Å²) in [6.07, 6.45) is 1.90. The van der Waals surface area contributed by atoms with Crippen molar-refractivity contribution in [3.05, 3.63) is 51.3 Å². The Hall–Kier alpha value is -2.00. The highest BCUT2D eigenvalue weighted by Gasteiger charge is 2.18. The van der Waals surface area contributed by atoms with Gasteiger partial charge in [-0.1, -0.05) is 23.7 Å². The van der Waals surface area contributed by atoms with Crippen LogP contribution in [-0.2, 0) is 6.42 Å². The Morgan fingerprint density at radius 3 is 2.90 bits per heavy atom. The van der Waals surface area contributed by atoms with Gasteiger partial charge in [-0.05, 0) is 36.6 Å². The van der Waals surface area contributed by atoms with Gasteiger partial charge in [0.05, 0.1) is 6.61 Å². The van der Waals surface area contributed by atoms with Gasteiger partial charge in [-0.15, -0.1) is 0 Å². The maximum Gasteiger partial charge on any atom is 0.347 e.